The van der Waals surface area contributed by atoms with E-state index in [4.69, 9.17) is 5.11 Å². The number of carbonyl (C=O) groups is 1. The summed E-state index contributed by atoms with van der Waals surface area (Å²) in [5.74, 6) is 0.525. The quantitative estimate of drug-likeness (QED) is 0.890. The Morgan fingerprint density at radius 1 is 1.50 bits per heavy atom. The molecule has 1 fully saturated rings. The molecule has 1 saturated heterocycles. The number of carboxylic acid groups (broad SMARTS) is 1. The van der Waals surface area contributed by atoms with Gasteiger partial charge in [-0.3, -0.25) is 0 Å². The SMILES string of the molecule is CCCC1CCN(c2ncccc2C(=O)O)CC1. The van der Waals surface area contributed by atoms with Crippen molar-refractivity contribution in [2.75, 3.05) is 18.0 Å². The molecule has 2 rings (SSSR count). The zero-order valence-corrected chi connectivity index (χ0v) is 10.8. The van der Waals surface area contributed by atoms with E-state index in [0.717, 1.165) is 31.8 Å². The zero-order valence-electron chi connectivity index (χ0n) is 10.8. The Morgan fingerprint density at radius 3 is 2.83 bits per heavy atom. The van der Waals surface area contributed by atoms with Crippen molar-refractivity contribution >= 4 is 11.8 Å². The molecule has 0 aromatic carbocycles. The number of nitrogens with zero attached hydrogens (tertiary/aromatic N) is 2. The minimum atomic E-state index is -0.895. The maximum atomic E-state index is 11.2. The maximum absolute atomic E-state index is 11.2. The van der Waals surface area contributed by atoms with E-state index in [2.05, 4.69) is 16.8 Å². The molecule has 0 radical (unpaired) electrons. The van der Waals surface area contributed by atoms with Crippen molar-refractivity contribution in [1.82, 2.24) is 4.98 Å². The molecule has 1 aliphatic rings. The largest absolute Gasteiger partial charge is 0.478 e. The highest BCUT2D eigenvalue weighted by Crippen LogP contribution is 2.26. The second-order valence-electron chi connectivity index (χ2n) is 4.90. The fraction of sp³-hybridized carbons (Fsp3) is 0.571. The molecule has 0 unspecified atom stereocenters. The maximum Gasteiger partial charge on any atom is 0.339 e. The minimum absolute atomic E-state index is 0.312. The van der Waals surface area contributed by atoms with Gasteiger partial charge in [0.1, 0.15) is 11.4 Å². The smallest absolute Gasteiger partial charge is 0.339 e. The van der Waals surface area contributed by atoms with E-state index in [-0.39, 0.29) is 0 Å². The minimum Gasteiger partial charge on any atom is -0.478 e. The van der Waals surface area contributed by atoms with Crippen LogP contribution < -0.4 is 4.90 Å². The molecule has 0 spiro atoms. The molecular weight excluding hydrogens is 228 g/mol. The van der Waals surface area contributed by atoms with Crippen LogP contribution in [0.3, 0.4) is 0 Å². The van der Waals surface area contributed by atoms with Crippen LogP contribution in [-0.2, 0) is 0 Å². The third-order valence-corrected chi connectivity index (χ3v) is 3.63. The van der Waals surface area contributed by atoms with Crippen LogP contribution in [0.5, 0.6) is 0 Å². The first-order valence-corrected chi connectivity index (χ1v) is 6.65. The average Bonchev–Trinajstić information content (AvgIpc) is 2.40. The number of carboxylic acids is 1. The second-order valence-corrected chi connectivity index (χ2v) is 4.90. The van der Waals surface area contributed by atoms with Crippen LogP contribution in [0.15, 0.2) is 18.3 Å². The molecule has 0 aliphatic carbocycles. The normalized spacial score (nSPS) is 16.8. The average molecular weight is 248 g/mol. The van der Waals surface area contributed by atoms with Crippen LogP contribution in [0.4, 0.5) is 5.82 Å². The molecule has 4 nitrogen and oxygen atoms in total. The number of aromatic carboxylic acids is 1. The third kappa shape index (κ3) is 2.81. The van der Waals surface area contributed by atoms with Gasteiger partial charge in [-0.15, -0.1) is 0 Å². The van der Waals surface area contributed by atoms with E-state index in [0.29, 0.717) is 11.4 Å². The topological polar surface area (TPSA) is 53.4 Å². The number of pyridine rings is 1. The number of piperidine rings is 1. The highest BCUT2D eigenvalue weighted by molar-refractivity contribution is 5.93. The molecule has 98 valence electrons. The van der Waals surface area contributed by atoms with Crippen molar-refractivity contribution in [3.8, 4) is 0 Å². The van der Waals surface area contributed by atoms with Crippen molar-refractivity contribution in [3.05, 3.63) is 23.9 Å². The molecule has 1 aromatic heterocycles. The Labute approximate surface area is 108 Å². The van der Waals surface area contributed by atoms with Gasteiger partial charge in [-0.25, -0.2) is 9.78 Å². The van der Waals surface area contributed by atoms with Gasteiger partial charge in [-0.1, -0.05) is 19.8 Å². The third-order valence-electron chi connectivity index (χ3n) is 3.63. The van der Waals surface area contributed by atoms with E-state index in [1.165, 1.54) is 12.8 Å². The standard InChI is InChI=1S/C14H20N2O2/c1-2-4-11-6-9-16(10-7-11)13-12(14(17)18)5-3-8-15-13/h3,5,8,11H,2,4,6-7,9-10H2,1H3,(H,17,18). The Bertz CT molecular complexity index is 412. The van der Waals surface area contributed by atoms with Gasteiger partial charge in [0.25, 0.3) is 0 Å². The van der Waals surface area contributed by atoms with Crippen molar-refractivity contribution in [3.63, 3.8) is 0 Å². The highest BCUT2D eigenvalue weighted by Gasteiger charge is 2.22. The monoisotopic (exact) mass is 248 g/mol. The lowest BCUT2D eigenvalue weighted by Gasteiger charge is -2.33. The summed E-state index contributed by atoms with van der Waals surface area (Å²) < 4.78 is 0. The zero-order chi connectivity index (χ0) is 13.0. The summed E-state index contributed by atoms with van der Waals surface area (Å²) >= 11 is 0. The molecule has 0 atom stereocenters. The number of anilines is 1. The van der Waals surface area contributed by atoms with Gasteiger partial charge >= 0.3 is 5.97 Å². The van der Waals surface area contributed by atoms with Gasteiger partial charge in [-0.05, 0) is 30.9 Å². The van der Waals surface area contributed by atoms with E-state index >= 15 is 0 Å². The lowest BCUT2D eigenvalue weighted by molar-refractivity contribution is 0.0697. The molecule has 1 N–H and O–H groups in total. The summed E-state index contributed by atoms with van der Waals surface area (Å²) in [4.78, 5) is 17.5. The van der Waals surface area contributed by atoms with Crippen molar-refractivity contribution in [2.24, 2.45) is 5.92 Å². The first-order valence-electron chi connectivity index (χ1n) is 6.65. The van der Waals surface area contributed by atoms with Gasteiger partial charge in [0.15, 0.2) is 0 Å². The molecule has 0 bridgehead atoms. The summed E-state index contributed by atoms with van der Waals surface area (Å²) in [6.45, 7) is 4.05. The molecule has 1 aromatic rings. The van der Waals surface area contributed by atoms with Crippen LogP contribution in [0.25, 0.3) is 0 Å². The van der Waals surface area contributed by atoms with Crippen molar-refractivity contribution < 1.29 is 9.90 Å². The first-order chi connectivity index (χ1) is 8.72. The molecular formula is C14H20N2O2. The first kappa shape index (κ1) is 12.9. The fourth-order valence-electron chi connectivity index (χ4n) is 2.66. The Hall–Kier alpha value is -1.58. The van der Waals surface area contributed by atoms with Crippen molar-refractivity contribution in [1.29, 1.82) is 0 Å². The molecule has 0 amide bonds. The van der Waals surface area contributed by atoms with Crippen LogP contribution in [0, 0.1) is 5.92 Å². The predicted molar refractivity (Wildman–Crippen MR) is 71.0 cm³/mol. The molecule has 18 heavy (non-hydrogen) atoms. The summed E-state index contributed by atoms with van der Waals surface area (Å²) in [5.41, 5.74) is 0.312. The number of rotatable bonds is 4. The Kier molecular flexibility index (Phi) is 4.18. The Balaban J connectivity index is 2.07. The van der Waals surface area contributed by atoms with Gasteiger partial charge in [-0.2, -0.15) is 0 Å². The number of hydrogen-bond acceptors (Lipinski definition) is 3. The second kappa shape index (κ2) is 5.85. The van der Waals surface area contributed by atoms with E-state index in [1.807, 2.05) is 0 Å². The van der Waals surface area contributed by atoms with Gasteiger partial charge in [0, 0.05) is 19.3 Å². The van der Waals surface area contributed by atoms with Gasteiger partial charge < -0.3 is 10.0 Å². The molecule has 1 aliphatic heterocycles. The van der Waals surface area contributed by atoms with Crippen LogP contribution in [0.1, 0.15) is 43.0 Å². The van der Waals surface area contributed by atoms with Crippen LogP contribution in [-0.4, -0.2) is 29.1 Å². The lowest BCUT2D eigenvalue weighted by atomic mass is 9.92. The van der Waals surface area contributed by atoms with Crippen molar-refractivity contribution in [2.45, 2.75) is 32.6 Å². The summed E-state index contributed by atoms with van der Waals surface area (Å²) in [6, 6.07) is 3.31. The summed E-state index contributed by atoms with van der Waals surface area (Å²) in [7, 11) is 0. The number of hydrogen-bond donors (Lipinski definition) is 1. The highest BCUT2D eigenvalue weighted by atomic mass is 16.4. The van der Waals surface area contributed by atoms with E-state index in [1.54, 1.807) is 18.3 Å². The molecule has 4 heteroatoms. The van der Waals surface area contributed by atoms with E-state index < -0.39 is 5.97 Å². The van der Waals surface area contributed by atoms with Crippen LogP contribution in [0.2, 0.25) is 0 Å². The van der Waals surface area contributed by atoms with Gasteiger partial charge in [0.05, 0.1) is 0 Å². The van der Waals surface area contributed by atoms with Crippen LogP contribution >= 0.6 is 0 Å². The fourth-order valence-corrected chi connectivity index (χ4v) is 2.66. The van der Waals surface area contributed by atoms with Gasteiger partial charge in [0.2, 0.25) is 0 Å². The lowest BCUT2D eigenvalue weighted by Crippen LogP contribution is -2.35. The molecule has 2 heterocycles. The molecule has 0 saturated carbocycles. The summed E-state index contributed by atoms with van der Waals surface area (Å²) in [5, 5.41) is 9.17. The summed E-state index contributed by atoms with van der Waals surface area (Å²) in [6.07, 6.45) is 6.46. The predicted octanol–water partition coefficient (Wildman–Crippen LogP) is 2.80. The number of aromatic nitrogens is 1. The Morgan fingerprint density at radius 2 is 2.22 bits per heavy atom. The van der Waals surface area contributed by atoms with E-state index in [9.17, 15) is 4.79 Å².